The van der Waals surface area contributed by atoms with E-state index in [9.17, 15) is 4.79 Å². The van der Waals surface area contributed by atoms with E-state index in [0.29, 0.717) is 5.02 Å². The predicted octanol–water partition coefficient (Wildman–Crippen LogP) is 3.14. The Morgan fingerprint density at radius 2 is 1.90 bits per heavy atom. The lowest BCUT2D eigenvalue weighted by molar-refractivity contribution is 0.247. The van der Waals surface area contributed by atoms with Crippen LogP contribution < -0.4 is 16.4 Å². The van der Waals surface area contributed by atoms with Gasteiger partial charge in [0, 0.05) is 23.3 Å². The molecule has 5 heteroatoms. The number of primary amides is 1. The van der Waals surface area contributed by atoms with Gasteiger partial charge >= 0.3 is 6.03 Å². The zero-order valence-corrected chi connectivity index (χ0v) is 11.8. The minimum absolute atomic E-state index is 0.352. The Morgan fingerprint density at radius 3 is 2.50 bits per heavy atom. The fourth-order valence-corrected chi connectivity index (χ4v) is 2.31. The summed E-state index contributed by atoms with van der Waals surface area (Å²) in [5.41, 5.74) is 7.98. The molecule has 0 aliphatic carbocycles. The average molecular weight is 290 g/mol. The van der Waals surface area contributed by atoms with Crippen LogP contribution in [0.2, 0.25) is 5.02 Å². The SMILES string of the molecule is CNc1ccc(Cl)cc1C(NC(N)=O)c1ccccc1. The highest BCUT2D eigenvalue weighted by atomic mass is 35.5. The van der Waals surface area contributed by atoms with Crippen LogP contribution in [0.5, 0.6) is 0 Å². The van der Waals surface area contributed by atoms with Gasteiger partial charge in [0.2, 0.25) is 0 Å². The molecule has 2 aromatic rings. The van der Waals surface area contributed by atoms with Gasteiger partial charge in [-0.1, -0.05) is 41.9 Å². The molecule has 0 heterocycles. The van der Waals surface area contributed by atoms with Crippen molar-refractivity contribution in [3.8, 4) is 0 Å². The molecule has 0 aromatic heterocycles. The summed E-state index contributed by atoms with van der Waals surface area (Å²) in [5.74, 6) is 0. The van der Waals surface area contributed by atoms with Crippen molar-refractivity contribution in [2.45, 2.75) is 6.04 Å². The Labute approximate surface area is 122 Å². The van der Waals surface area contributed by atoms with Crippen LogP contribution in [0.25, 0.3) is 0 Å². The van der Waals surface area contributed by atoms with Gasteiger partial charge in [-0.15, -0.1) is 0 Å². The molecule has 0 aliphatic rings. The second-order valence-electron chi connectivity index (χ2n) is 4.33. The quantitative estimate of drug-likeness (QED) is 0.809. The summed E-state index contributed by atoms with van der Waals surface area (Å²) in [4.78, 5) is 11.3. The van der Waals surface area contributed by atoms with Crippen molar-refractivity contribution in [2.24, 2.45) is 5.73 Å². The molecule has 104 valence electrons. The lowest BCUT2D eigenvalue weighted by Crippen LogP contribution is -2.34. The maximum absolute atomic E-state index is 11.3. The van der Waals surface area contributed by atoms with E-state index in [0.717, 1.165) is 16.8 Å². The molecule has 0 fully saturated rings. The van der Waals surface area contributed by atoms with Gasteiger partial charge in [-0.05, 0) is 23.8 Å². The smallest absolute Gasteiger partial charge is 0.312 e. The molecule has 0 bridgehead atoms. The molecule has 20 heavy (non-hydrogen) atoms. The summed E-state index contributed by atoms with van der Waals surface area (Å²) < 4.78 is 0. The molecule has 4 nitrogen and oxygen atoms in total. The van der Waals surface area contributed by atoms with Crippen molar-refractivity contribution >= 4 is 23.3 Å². The van der Waals surface area contributed by atoms with Gasteiger partial charge in [0.05, 0.1) is 6.04 Å². The van der Waals surface area contributed by atoms with E-state index >= 15 is 0 Å². The maximum atomic E-state index is 11.3. The zero-order chi connectivity index (χ0) is 14.5. The first-order valence-corrected chi connectivity index (χ1v) is 6.57. The Morgan fingerprint density at radius 1 is 1.20 bits per heavy atom. The van der Waals surface area contributed by atoms with Crippen molar-refractivity contribution in [3.05, 3.63) is 64.7 Å². The van der Waals surface area contributed by atoms with Gasteiger partial charge in [0.1, 0.15) is 0 Å². The monoisotopic (exact) mass is 289 g/mol. The van der Waals surface area contributed by atoms with Crippen LogP contribution in [0.3, 0.4) is 0 Å². The topological polar surface area (TPSA) is 67.2 Å². The maximum Gasteiger partial charge on any atom is 0.312 e. The number of carbonyl (C=O) groups is 1. The Kier molecular flexibility index (Phi) is 4.48. The van der Waals surface area contributed by atoms with Crippen LogP contribution in [0.1, 0.15) is 17.2 Å². The van der Waals surface area contributed by atoms with Crippen LogP contribution in [0, 0.1) is 0 Å². The molecule has 2 rings (SSSR count). The van der Waals surface area contributed by atoms with Gasteiger partial charge in [0.15, 0.2) is 0 Å². The third kappa shape index (κ3) is 3.22. The summed E-state index contributed by atoms with van der Waals surface area (Å²) in [6.45, 7) is 0. The summed E-state index contributed by atoms with van der Waals surface area (Å²) in [7, 11) is 1.82. The fraction of sp³-hybridized carbons (Fsp3) is 0.133. The molecular formula is C15H16ClN3O. The molecule has 1 unspecified atom stereocenters. The number of benzene rings is 2. The molecule has 0 aliphatic heterocycles. The van der Waals surface area contributed by atoms with Crippen LogP contribution in [-0.2, 0) is 0 Å². The van der Waals surface area contributed by atoms with Crippen molar-refractivity contribution in [1.29, 1.82) is 0 Å². The number of anilines is 1. The Balaban J connectivity index is 2.51. The van der Waals surface area contributed by atoms with E-state index < -0.39 is 6.03 Å². The van der Waals surface area contributed by atoms with Crippen molar-refractivity contribution in [2.75, 3.05) is 12.4 Å². The molecule has 4 N–H and O–H groups in total. The van der Waals surface area contributed by atoms with Crippen molar-refractivity contribution in [3.63, 3.8) is 0 Å². The lowest BCUT2D eigenvalue weighted by Gasteiger charge is -2.21. The molecule has 0 spiro atoms. The first kappa shape index (κ1) is 14.2. The minimum atomic E-state index is -0.583. The third-order valence-electron chi connectivity index (χ3n) is 3.01. The van der Waals surface area contributed by atoms with Gasteiger partial charge < -0.3 is 16.4 Å². The molecule has 2 amide bonds. The summed E-state index contributed by atoms with van der Waals surface area (Å²) >= 11 is 6.07. The summed E-state index contributed by atoms with van der Waals surface area (Å²) in [5, 5.41) is 6.45. The lowest BCUT2D eigenvalue weighted by atomic mass is 9.97. The number of amides is 2. The fourth-order valence-electron chi connectivity index (χ4n) is 2.13. The van der Waals surface area contributed by atoms with Gasteiger partial charge in [-0.25, -0.2) is 4.79 Å². The number of nitrogens with one attached hydrogen (secondary N) is 2. The highest BCUT2D eigenvalue weighted by molar-refractivity contribution is 6.30. The second kappa shape index (κ2) is 6.30. The number of hydrogen-bond donors (Lipinski definition) is 3. The number of nitrogens with two attached hydrogens (primary N) is 1. The molecule has 1 atom stereocenters. The summed E-state index contributed by atoms with van der Waals surface area (Å²) in [6, 6.07) is 14.2. The van der Waals surface area contributed by atoms with E-state index in [4.69, 9.17) is 17.3 Å². The second-order valence-corrected chi connectivity index (χ2v) is 4.77. The first-order chi connectivity index (χ1) is 9.61. The molecule has 0 saturated heterocycles. The van der Waals surface area contributed by atoms with Crippen LogP contribution in [-0.4, -0.2) is 13.1 Å². The highest BCUT2D eigenvalue weighted by Crippen LogP contribution is 2.30. The van der Waals surface area contributed by atoms with Crippen LogP contribution in [0.15, 0.2) is 48.5 Å². The predicted molar refractivity (Wildman–Crippen MR) is 82.0 cm³/mol. The highest BCUT2D eigenvalue weighted by Gasteiger charge is 2.18. The zero-order valence-electron chi connectivity index (χ0n) is 11.1. The normalized spacial score (nSPS) is 11.7. The standard InChI is InChI=1S/C15H16ClN3O/c1-18-13-8-7-11(16)9-12(13)14(19-15(17)20)10-5-3-2-4-6-10/h2-9,14,18H,1H3,(H3,17,19,20). The van der Waals surface area contributed by atoms with Crippen LogP contribution in [0.4, 0.5) is 10.5 Å². The Bertz CT molecular complexity index is 601. The summed E-state index contributed by atoms with van der Waals surface area (Å²) in [6.07, 6.45) is 0. The molecule has 0 saturated carbocycles. The van der Waals surface area contributed by atoms with E-state index in [1.807, 2.05) is 49.5 Å². The number of rotatable bonds is 4. The minimum Gasteiger partial charge on any atom is -0.388 e. The average Bonchev–Trinajstić information content (AvgIpc) is 2.45. The van der Waals surface area contributed by atoms with Crippen molar-refractivity contribution < 1.29 is 4.79 Å². The largest absolute Gasteiger partial charge is 0.388 e. The van der Waals surface area contributed by atoms with Gasteiger partial charge in [0.25, 0.3) is 0 Å². The van der Waals surface area contributed by atoms with E-state index in [-0.39, 0.29) is 6.04 Å². The van der Waals surface area contributed by atoms with Gasteiger partial charge in [-0.3, -0.25) is 0 Å². The number of carbonyl (C=O) groups excluding carboxylic acids is 1. The van der Waals surface area contributed by atoms with E-state index in [2.05, 4.69) is 10.6 Å². The third-order valence-corrected chi connectivity index (χ3v) is 3.25. The Hall–Kier alpha value is -2.20. The van der Waals surface area contributed by atoms with Crippen LogP contribution >= 0.6 is 11.6 Å². The number of urea groups is 1. The molecule has 0 radical (unpaired) electrons. The van der Waals surface area contributed by atoms with Crippen molar-refractivity contribution in [1.82, 2.24) is 5.32 Å². The van der Waals surface area contributed by atoms with E-state index in [1.54, 1.807) is 6.07 Å². The first-order valence-electron chi connectivity index (χ1n) is 6.20. The molecular weight excluding hydrogens is 274 g/mol. The van der Waals surface area contributed by atoms with E-state index in [1.165, 1.54) is 0 Å². The molecule has 2 aromatic carbocycles. The number of hydrogen-bond acceptors (Lipinski definition) is 2. The number of halogens is 1. The van der Waals surface area contributed by atoms with Gasteiger partial charge in [-0.2, -0.15) is 0 Å².